The van der Waals surface area contributed by atoms with Crippen LogP contribution in [-0.2, 0) is 16.0 Å². The summed E-state index contributed by atoms with van der Waals surface area (Å²) < 4.78 is 4.93. The number of anilines is 1. The van der Waals surface area contributed by atoms with Gasteiger partial charge in [-0.05, 0) is 18.9 Å². The van der Waals surface area contributed by atoms with Gasteiger partial charge in [-0.25, -0.2) is 0 Å². The molecule has 1 aromatic heterocycles. The van der Waals surface area contributed by atoms with Crippen molar-refractivity contribution in [2.75, 3.05) is 38.0 Å². The third-order valence-electron chi connectivity index (χ3n) is 5.24. The van der Waals surface area contributed by atoms with E-state index in [9.17, 15) is 14.4 Å². The molecule has 0 spiro atoms. The molecule has 1 saturated heterocycles. The number of nitrogens with zero attached hydrogens (tertiary/aromatic N) is 3. The van der Waals surface area contributed by atoms with Gasteiger partial charge in [0.2, 0.25) is 11.8 Å². The Bertz CT molecular complexity index is 883. The molecule has 2 aromatic rings. The van der Waals surface area contributed by atoms with Crippen molar-refractivity contribution in [3.63, 3.8) is 0 Å². The molecule has 30 heavy (non-hydrogen) atoms. The summed E-state index contributed by atoms with van der Waals surface area (Å²) in [6.45, 7) is 6.39. The lowest BCUT2D eigenvalue weighted by molar-refractivity contribution is -0.133. The van der Waals surface area contributed by atoms with Gasteiger partial charge in [-0.3, -0.25) is 19.3 Å². The first-order valence-corrected chi connectivity index (χ1v) is 10.3. The standard InChI is InChI=1S/C22H28N4O4/c1-3-17-4-6-18(7-5-17)19(27)8-9-22(29)26-12-10-25(11-13-26)15-21(28)23-20-14-16(2)30-24-20/h4-7,14H,3,8-13,15H2,1-2H3,(H,23,24,28). The Balaban J connectivity index is 1.38. The number of carbonyl (C=O) groups excluding carboxylic acids is 3. The Kier molecular flexibility index (Phi) is 7.35. The number of aryl methyl sites for hydroxylation is 2. The highest BCUT2D eigenvalue weighted by Gasteiger charge is 2.23. The highest BCUT2D eigenvalue weighted by atomic mass is 16.5. The number of hydrogen-bond acceptors (Lipinski definition) is 6. The molecular formula is C22H28N4O4. The maximum atomic E-state index is 12.5. The third kappa shape index (κ3) is 6.00. The zero-order valence-corrected chi connectivity index (χ0v) is 17.5. The molecule has 1 aromatic carbocycles. The Hall–Kier alpha value is -3.00. The minimum Gasteiger partial charge on any atom is -0.360 e. The van der Waals surface area contributed by atoms with Crippen LogP contribution in [0.5, 0.6) is 0 Å². The van der Waals surface area contributed by atoms with E-state index in [-0.39, 0.29) is 37.0 Å². The van der Waals surface area contributed by atoms with E-state index in [1.165, 1.54) is 5.56 Å². The van der Waals surface area contributed by atoms with E-state index in [1.807, 2.05) is 29.2 Å². The van der Waals surface area contributed by atoms with Gasteiger partial charge in [-0.1, -0.05) is 36.3 Å². The van der Waals surface area contributed by atoms with E-state index in [1.54, 1.807) is 17.9 Å². The fraction of sp³-hybridized carbons (Fsp3) is 0.455. The van der Waals surface area contributed by atoms with Crippen LogP contribution in [0.25, 0.3) is 0 Å². The van der Waals surface area contributed by atoms with Crippen molar-refractivity contribution >= 4 is 23.4 Å². The molecule has 3 rings (SSSR count). The first kappa shape index (κ1) is 21.7. The van der Waals surface area contributed by atoms with Crippen LogP contribution in [0, 0.1) is 6.92 Å². The first-order valence-electron chi connectivity index (χ1n) is 10.3. The Labute approximate surface area is 176 Å². The van der Waals surface area contributed by atoms with Crippen molar-refractivity contribution in [3.05, 3.63) is 47.2 Å². The second kappa shape index (κ2) is 10.2. The number of rotatable bonds is 8. The lowest BCUT2D eigenvalue weighted by Gasteiger charge is -2.34. The summed E-state index contributed by atoms with van der Waals surface area (Å²) in [7, 11) is 0. The van der Waals surface area contributed by atoms with Gasteiger partial charge in [0.15, 0.2) is 11.6 Å². The lowest BCUT2D eigenvalue weighted by atomic mass is 10.0. The van der Waals surface area contributed by atoms with E-state index in [0.29, 0.717) is 43.3 Å². The quantitative estimate of drug-likeness (QED) is 0.669. The molecular weight excluding hydrogens is 384 g/mol. The summed E-state index contributed by atoms with van der Waals surface area (Å²) in [5.74, 6) is 0.845. The number of carbonyl (C=O) groups is 3. The van der Waals surface area contributed by atoms with Crippen molar-refractivity contribution in [2.24, 2.45) is 0 Å². The zero-order chi connectivity index (χ0) is 21.5. The number of amides is 2. The van der Waals surface area contributed by atoms with Gasteiger partial charge in [-0.15, -0.1) is 0 Å². The molecule has 2 heterocycles. The number of piperazine rings is 1. The number of aromatic nitrogens is 1. The van der Waals surface area contributed by atoms with Gasteiger partial charge in [0.05, 0.1) is 6.54 Å². The van der Waals surface area contributed by atoms with Crippen LogP contribution in [0.1, 0.15) is 41.4 Å². The van der Waals surface area contributed by atoms with E-state index in [0.717, 1.165) is 6.42 Å². The number of Topliss-reactive ketones (excluding diaryl/α,β-unsaturated/α-hetero) is 1. The van der Waals surface area contributed by atoms with Crippen LogP contribution < -0.4 is 5.32 Å². The second-order valence-electron chi connectivity index (χ2n) is 7.50. The fourth-order valence-electron chi connectivity index (χ4n) is 3.42. The minimum absolute atomic E-state index is 0.00981. The largest absolute Gasteiger partial charge is 0.360 e. The molecule has 1 aliphatic heterocycles. The molecule has 0 radical (unpaired) electrons. The SMILES string of the molecule is CCc1ccc(C(=O)CCC(=O)N2CCN(CC(=O)Nc3cc(C)on3)CC2)cc1. The molecule has 160 valence electrons. The summed E-state index contributed by atoms with van der Waals surface area (Å²) in [6.07, 6.45) is 1.35. The van der Waals surface area contributed by atoms with Gasteiger partial charge in [0.25, 0.3) is 0 Å². The average Bonchev–Trinajstić information content (AvgIpc) is 3.16. The Morgan fingerprint density at radius 2 is 1.77 bits per heavy atom. The Morgan fingerprint density at radius 1 is 1.07 bits per heavy atom. The van der Waals surface area contributed by atoms with Crippen LogP contribution in [-0.4, -0.2) is 65.3 Å². The zero-order valence-electron chi connectivity index (χ0n) is 17.5. The van der Waals surface area contributed by atoms with Gasteiger partial charge in [0.1, 0.15) is 5.76 Å². The van der Waals surface area contributed by atoms with E-state index < -0.39 is 0 Å². The average molecular weight is 412 g/mol. The van der Waals surface area contributed by atoms with E-state index >= 15 is 0 Å². The first-order chi connectivity index (χ1) is 14.4. The van der Waals surface area contributed by atoms with Crippen LogP contribution >= 0.6 is 0 Å². The summed E-state index contributed by atoms with van der Waals surface area (Å²) in [6, 6.07) is 9.22. The molecule has 0 saturated carbocycles. The smallest absolute Gasteiger partial charge is 0.239 e. The van der Waals surface area contributed by atoms with Crippen LogP contribution in [0.15, 0.2) is 34.9 Å². The number of hydrogen-bond donors (Lipinski definition) is 1. The molecule has 1 N–H and O–H groups in total. The number of ketones is 1. The number of nitrogens with one attached hydrogen (secondary N) is 1. The topological polar surface area (TPSA) is 95.8 Å². The van der Waals surface area contributed by atoms with E-state index in [4.69, 9.17) is 4.52 Å². The predicted octanol–water partition coefficient (Wildman–Crippen LogP) is 2.29. The summed E-state index contributed by atoms with van der Waals surface area (Å²) in [5, 5.41) is 6.44. The third-order valence-corrected chi connectivity index (χ3v) is 5.24. The molecule has 1 aliphatic rings. The molecule has 0 bridgehead atoms. The van der Waals surface area contributed by atoms with Crippen molar-refractivity contribution in [2.45, 2.75) is 33.1 Å². The van der Waals surface area contributed by atoms with Gasteiger partial charge in [-0.2, -0.15) is 0 Å². The molecule has 1 fully saturated rings. The molecule has 0 unspecified atom stereocenters. The minimum atomic E-state index is -0.164. The summed E-state index contributed by atoms with van der Waals surface area (Å²) in [5.41, 5.74) is 1.84. The monoisotopic (exact) mass is 412 g/mol. The summed E-state index contributed by atoms with van der Waals surface area (Å²) >= 11 is 0. The predicted molar refractivity (Wildman–Crippen MR) is 112 cm³/mol. The van der Waals surface area contributed by atoms with Crippen LogP contribution in [0.4, 0.5) is 5.82 Å². The molecule has 0 atom stereocenters. The molecule has 8 heteroatoms. The highest BCUT2D eigenvalue weighted by Crippen LogP contribution is 2.12. The normalized spacial score (nSPS) is 14.5. The molecule has 8 nitrogen and oxygen atoms in total. The number of benzene rings is 1. The fourth-order valence-corrected chi connectivity index (χ4v) is 3.42. The molecule has 2 amide bonds. The molecule has 0 aliphatic carbocycles. The highest BCUT2D eigenvalue weighted by molar-refractivity contribution is 5.98. The maximum Gasteiger partial charge on any atom is 0.239 e. The van der Waals surface area contributed by atoms with Crippen molar-refractivity contribution < 1.29 is 18.9 Å². The van der Waals surface area contributed by atoms with Crippen LogP contribution in [0.2, 0.25) is 0 Å². The van der Waals surface area contributed by atoms with Crippen molar-refractivity contribution in [1.82, 2.24) is 15.0 Å². The van der Waals surface area contributed by atoms with Crippen molar-refractivity contribution in [3.8, 4) is 0 Å². The van der Waals surface area contributed by atoms with Crippen molar-refractivity contribution in [1.29, 1.82) is 0 Å². The lowest BCUT2D eigenvalue weighted by Crippen LogP contribution is -2.50. The van der Waals surface area contributed by atoms with Gasteiger partial charge in [0, 0.05) is 50.7 Å². The Morgan fingerprint density at radius 3 is 2.37 bits per heavy atom. The van der Waals surface area contributed by atoms with Crippen LogP contribution in [0.3, 0.4) is 0 Å². The van der Waals surface area contributed by atoms with Gasteiger partial charge >= 0.3 is 0 Å². The maximum absolute atomic E-state index is 12.5. The second-order valence-corrected chi connectivity index (χ2v) is 7.50. The van der Waals surface area contributed by atoms with E-state index in [2.05, 4.69) is 17.4 Å². The summed E-state index contributed by atoms with van der Waals surface area (Å²) in [4.78, 5) is 40.6. The van der Waals surface area contributed by atoms with Gasteiger partial charge < -0.3 is 14.7 Å².